The van der Waals surface area contributed by atoms with Crippen LogP contribution in [0.5, 0.6) is 0 Å². The third kappa shape index (κ3) is 5.50. The van der Waals surface area contributed by atoms with E-state index >= 15 is 0 Å². The minimum Gasteiger partial charge on any atom is -0.340 e. The van der Waals surface area contributed by atoms with Crippen LogP contribution in [0.4, 0.5) is 0 Å². The van der Waals surface area contributed by atoms with Crippen LogP contribution in [0, 0.1) is 5.92 Å². The van der Waals surface area contributed by atoms with E-state index in [-0.39, 0.29) is 17.9 Å². The first kappa shape index (κ1) is 15.4. The number of hydrogen-bond acceptors (Lipinski definition) is 2. The van der Waals surface area contributed by atoms with Gasteiger partial charge in [0.05, 0.1) is 0 Å². The van der Waals surface area contributed by atoms with Gasteiger partial charge < -0.3 is 10.6 Å². The molecule has 0 fully saturated rings. The number of carbonyl (C=O) groups excluding carboxylic acids is 1. The lowest BCUT2D eigenvalue weighted by molar-refractivity contribution is -0.136. The largest absolute Gasteiger partial charge is 0.340 e. The van der Waals surface area contributed by atoms with Crippen LogP contribution in [0.3, 0.4) is 0 Å². The van der Waals surface area contributed by atoms with Crippen molar-refractivity contribution in [3.05, 3.63) is 0 Å². The predicted molar refractivity (Wildman–Crippen MR) is 69.2 cm³/mol. The molecule has 0 saturated carbocycles. The molecule has 0 saturated heterocycles. The molecule has 0 aromatic heterocycles. The van der Waals surface area contributed by atoms with Gasteiger partial charge in [-0.15, -0.1) is 0 Å². The fourth-order valence-corrected chi connectivity index (χ4v) is 1.93. The quantitative estimate of drug-likeness (QED) is 0.727. The van der Waals surface area contributed by atoms with Gasteiger partial charge in [0.1, 0.15) is 0 Å². The van der Waals surface area contributed by atoms with E-state index < -0.39 is 0 Å². The summed E-state index contributed by atoms with van der Waals surface area (Å²) in [4.78, 5) is 14.0. The molecule has 3 heteroatoms. The van der Waals surface area contributed by atoms with Crippen molar-refractivity contribution >= 4 is 5.91 Å². The Kier molecular flexibility index (Phi) is 7.39. The van der Waals surface area contributed by atoms with E-state index in [1.165, 1.54) is 0 Å². The Morgan fingerprint density at radius 3 is 2.12 bits per heavy atom. The van der Waals surface area contributed by atoms with Gasteiger partial charge in [0.25, 0.3) is 0 Å². The highest BCUT2D eigenvalue weighted by Gasteiger charge is 2.20. The lowest BCUT2D eigenvalue weighted by Gasteiger charge is -2.28. The SMILES string of the molecule is CCN(C(=O)C(C)CCCC(C)N)C(C)C. The molecule has 0 aromatic carbocycles. The van der Waals surface area contributed by atoms with Crippen molar-refractivity contribution in [3.8, 4) is 0 Å². The molecule has 0 aliphatic rings. The van der Waals surface area contributed by atoms with E-state index in [1.807, 2.05) is 25.7 Å². The van der Waals surface area contributed by atoms with Crippen molar-refractivity contribution in [2.24, 2.45) is 11.7 Å². The molecule has 1 amide bonds. The summed E-state index contributed by atoms with van der Waals surface area (Å²) >= 11 is 0. The van der Waals surface area contributed by atoms with Gasteiger partial charge in [0, 0.05) is 24.5 Å². The number of hydrogen-bond donors (Lipinski definition) is 1. The van der Waals surface area contributed by atoms with Crippen LogP contribution < -0.4 is 5.73 Å². The second-order valence-corrected chi connectivity index (χ2v) is 5.03. The third-order valence-electron chi connectivity index (χ3n) is 2.97. The molecule has 96 valence electrons. The van der Waals surface area contributed by atoms with Crippen LogP contribution in [0.25, 0.3) is 0 Å². The van der Waals surface area contributed by atoms with Gasteiger partial charge in [-0.25, -0.2) is 0 Å². The summed E-state index contributed by atoms with van der Waals surface area (Å²) in [6, 6.07) is 0.545. The Hall–Kier alpha value is -0.570. The highest BCUT2D eigenvalue weighted by Crippen LogP contribution is 2.14. The number of nitrogens with two attached hydrogens (primary N) is 1. The second-order valence-electron chi connectivity index (χ2n) is 5.03. The Balaban J connectivity index is 4.06. The van der Waals surface area contributed by atoms with Gasteiger partial charge in [-0.1, -0.05) is 13.3 Å². The summed E-state index contributed by atoms with van der Waals surface area (Å²) in [5, 5.41) is 0. The minimum absolute atomic E-state index is 0.126. The van der Waals surface area contributed by atoms with Crippen LogP contribution >= 0.6 is 0 Å². The van der Waals surface area contributed by atoms with Crippen LogP contribution in [0.1, 0.15) is 53.9 Å². The molecule has 2 unspecified atom stereocenters. The Morgan fingerprint density at radius 1 is 1.19 bits per heavy atom. The number of nitrogens with zero attached hydrogens (tertiary/aromatic N) is 1. The molecule has 0 aliphatic carbocycles. The van der Waals surface area contributed by atoms with Crippen LogP contribution in [0.15, 0.2) is 0 Å². The first-order valence-electron chi connectivity index (χ1n) is 6.46. The minimum atomic E-state index is 0.126. The van der Waals surface area contributed by atoms with Crippen molar-refractivity contribution in [2.75, 3.05) is 6.54 Å². The second kappa shape index (κ2) is 7.66. The van der Waals surface area contributed by atoms with Crippen molar-refractivity contribution in [1.82, 2.24) is 4.90 Å². The molecule has 16 heavy (non-hydrogen) atoms. The predicted octanol–water partition coefficient (Wildman–Crippen LogP) is 2.40. The van der Waals surface area contributed by atoms with E-state index in [0.717, 1.165) is 25.8 Å². The number of rotatable bonds is 7. The normalized spacial score (nSPS) is 14.9. The van der Waals surface area contributed by atoms with Gasteiger partial charge in [0.15, 0.2) is 0 Å². The van der Waals surface area contributed by atoms with E-state index in [2.05, 4.69) is 13.8 Å². The Bertz CT molecular complexity index is 202. The highest BCUT2D eigenvalue weighted by atomic mass is 16.2. The summed E-state index contributed by atoms with van der Waals surface area (Å²) in [6.07, 6.45) is 3.00. The van der Waals surface area contributed by atoms with Gasteiger partial charge >= 0.3 is 0 Å². The molecule has 3 nitrogen and oxygen atoms in total. The first-order valence-corrected chi connectivity index (χ1v) is 6.46. The first-order chi connectivity index (χ1) is 7.40. The van der Waals surface area contributed by atoms with E-state index in [0.29, 0.717) is 6.04 Å². The lowest BCUT2D eigenvalue weighted by atomic mass is 10.00. The van der Waals surface area contributed by atoms with Crippen molar-refractivity contribution in [2.45, 2.75) is 66.0 Å². The van der Waals surface area contributed by atoms with E-state index in [9.17, 15) is 4.79 Å². The Morgan fingerprint density at radius 2 is 1.75 bits per heavy atom. The monoisotopic (exact) mass is 228 g/mol. The smallest absolute Gasteiger partial charge is 0.225 e. The maximum Gasteiger partial charge on any atom is 0.225 e. The van der Waals surface area contributed by atoms with Crippen molar-refractivity contribution in [1.29, 1.82) is 0 Å². The van der Waals surface area contributed by atoms with Crippen molar-refractivity contribution in [3.63, 3.8) is 0 Å². The zero-order chi connectivity index (χ0) is 12.7. The molecule has 0 aromatic rings. The summed E-state index contributed by atoms with van der Waals surface area (Å²) < 4.78 is 0. The topological polar surface area (TPSA) is 46.3 Å². The molecule has 0 aliphatic heterocycles. The molecule has 2 N–H and O–H groups in total. The molecule has 0 bridgehead atoms. The molecule has 2 atom stereocenters. The third-order valence-corrected chi connectivity index (χ3v) is 2.97. The molecule has 0 spiro atoms. The van der Waals surface area contributed by atoms with Crippen molar-refractivity contribution < 1.29 is 4.79 Å². The van der Waals surface area contributed by atoms with E-state index in [4.69, 9.17) is 5.73 Å². The zero-order valence-corrected chi connectivity index (χ0v) is 11.5. The lowest BCUT2D eigenvalue weighted by Crippen LogP contribution is -2.40. The molecule has 0 radical (unpaired) electrons. The summed E-state index contributed by atoms with van der Waals surface area (Å²) in [6.45, 7) is 11.0. The van der Waals surface area contributed by atoms with E-state index in [1.54, 1.807) is 0 Å². The molecular weight excluding hydrogens is 200 g/mol. The fourth-order valence-electron chi connectivity index (χ4n) is 1.93. The van der Waals surface area contributed by atoms with Gasteiger partial charge in [-0.3, -0.25) is 4.79 Å². The number of amides is 1. The molecule has 0 heterocycles. The summed E-state index contributed by atoms with van der Waals surface area (Å²) in [5.41, 5.74) is 5.69. The number of carbonyl (C=O) groups is 1. The summed E-state index contributed by atoms with van der Waals surface area (Å²) in [5.74, 6) is 0.406. The van der Waals surface area contributed by atoms with Crippen LogP contribution in [0.2, 0.25) is 0 Å². The van der Waals surface area contributed by atoms with Crippen LogP contribution in [-0.4, -0.2) is 29.4 Å². The fraction of sp³-hybridized carbons (Fsp3) is 0.923. The molecule has 0 rings (SSSR count). The zero-order valence-electron chi connectivity index (χ0n) is 11.5. The maximum absolute atomic E-state index is 12.1. The van der Waals surface area contributed by atoms with Gasteiger partial charge in [-0.2, -0.15) is 0 Å². The van der Waals surface area contributed by atoms with Crippen LogP contribution in [-0.2, 0) is 4.79 Å². The molecular formula is C13H28N2O. The maximum atomic E-state index is 12.1. The highest BCUT2D eigenvalue weighted by molar-refractivity contribution is 5.78. The summed E-state index contributed by atoms with van der Waals surface area (Å²) in [7, 11) is 0. The van der Waals surface area contributed by atoms with Gasteiger partial charge in [-0.05, 0) is 40.5 Å². The van der Waals surface area contributed by atoms with Gasteiger partial charge in [0.2, 0.25) is 5.91 Å². The Labute approximate surface area is 100 Å². The standard InChI is InChI=1S/C13H28N2O/c1-6-15(10(2)3)13(16)11(4)8-7-9-12(5)14/h10-12H,6-9,14H2,1-5H3. The average molecular weight is 228 g/mol. The average Bonchev–Trinajstić information content (AvgIpc) is 2.17.